The number of unbranched alkanes of at least 4 members (excludes halogenated alkanes) is 1. The second-order valence-corrected chi connectivity index (χ2v) is 9.18. The molecule has 7 nitrogen and oxygen atoms in total. The Morgan fingerprint density at radius 3 is 2.62 bits per heavy atom. The van der Waals surface area contributed by atoms with Gasteiger partial charge in [-0.2, -0.15) is 0 Å². The van der Waals surface area contributed by atoms with Crippen LogP contribution in [-0.2, 0) is 16.1 Å². The van der Waals surface area contributed by atoms with Gasteiger partial charge >= 0.3 is 0 Å². The number of amides is 3. The van der Waals surface area contributed by atoms with Crippen LogP contribution in [0.4, 0.5) is 10.1 Å². The second-order valence-electron chi connectivity index (χ2n) is 9.18. The number of nitrogens with one attached hydrogen (secondary N) is 2. The topological polar surface area (TPSA) is 83.4 Å². The summed E-state index contributed by atoms with van der Waals surface area (Å²) in [4.78, 5) is 40.6. The van der Waals surface area contributed by atoms with Crippen molar-refractivity contribution in [2.24, 2.45) is 5.92 Å². The van der Waals surface area contributed by atoms with E-state index in [4.69, 9.17) is 0 Å². The molecule has 0 radical (unpaired) electrons. The van der Waals surface area contributed by atoms with E-state index in [9.17, 15) is 18.8 Å². The lowest BCUT2D eigenvalue weighted by Crippen LogP contribution is -2.64. The molecule has 3 rings (SSSR count). The van der Waals surface area contributed by atoms with E-state index in [0.29, 0.717) is 35.6 Å². The van der Waals surface area contributed by atoms with Crippen LogP contribution in [0.5, 0.6) is 0 Å². The van der Waals surface area contributed by atoms with Crippen LogP contribution in [-0.4, -0.2) is 45.8 Å². The average Bonchev–Trinajstić information content (AvgIpc) is 2.99. The summed E-state index contributed by atoms with van der Waals surface area (Å²) in [6.45, 7) is 10.5. The Morgan fingerprint density at radius 1 is 1.28 bits per heavy atom. The Labute approximate surface area is 188 Å². The van der Waals surface area contributed by atoms with Gasteiger partial charge in [0.1, 0.15) is 17.1 Å². The monoisotopic (exact) mass is 444 g/mol. The molecule has 1 atom stereocenters. The zero-order chi connectivity index (χ0) is 23.6. The number of anilines is 1. The predicted octanol–water partition coefficient (Wildman–Crippen LogP) is 3.92. The van der Waals surface area contributed by atoms with E-state index < -0.39 is 11.4 Å². The SMILES string of the molecule is CCCCN1C(=O)c2c(NC(C)=O)c3cc(F)ccc3n2C[C@]1(C)C(=O)NCCC(C)C. The lowest BCUT2D eigenvalue weighted by molar-refractivity contribution is -0.132. The van der Waals surface area contributed by atoms with Crippen molar-refractivity contribution in [2.45, 2.75) is 66.0 Å². The molecule has 2 aromatic rings. The zero-order valence-electron chi connectivity index (χ0n) is 19.5. The highest BCUT2D eigenvalue weighted by Gasteiger charge is 2.48. The molecule has 8 heteroatoms. The van der Waals surface area contributed by atoms with Gasteiger partial charge in [-0.15, -0.1) is 0 Å². The van der Waals surface area contributed by atoms with Gasteiger partial charge in [0.25, 0.3) is 5.91 Å². The molecular formula is C24H33FN4O3. The number of nitrogens with zero attached hydrogens (tertiary/aromatic N) is 2. The molecule has 0 saturated carbocycles. The fraction of sp³-hybridized carbons (Fsp3) is 0.542. The third-order valence-corrected chi connectivity index (χ3v) is 6.07. The van der Waals surface area contributed by atoms with E-state index in [1.54, 1.807) is 22.5 Å². The Morgan fingerprint density at radius 2 is 2.00 bits per heavy atom. The van der Waals surface area contributed by atoms with E-state index in [2.05, 4.69) is 24.5 Å². The maximum Gasteiger partial charge on any atom is 0.273 e. The van der Waals surface area contributed by atoms with E-state index >= 15 is 0 Å². The number of carbonyl (C=O) groups excluding carboxylic acids is 3. The molecule has 1 aromatic carbocycles. The molecule has 0 bridgehead atoms. The molecule has 2 heterocycles. The van der Waals surface area contributed by atoms with Crippen molar-refractivity contribution in [3.63, 3.8) is 0 Å². The number of benzene rings is 1. The van der Waals surface area contributed by atoms with Crippen LogP contribution >= 0.6 is 0 Å². The summed E-state index contributed by atoms with van der Waals surface area (Å²) in [6.07, 6.45) is 2.45. The van der Waals surface area contributed by atoms with Crippen molar-refractivity contribution in [3.05, 3.63) is 29.7 Å². The van der Waals surface area contributed by atoms with Gasteiger partial charge in [0.15, 0.2) is 0 Å². The molecule has 0 spiro atoms. The normalized spacial score (nSPS) is 18.2. The standard InChI is InChI=1S/C24H33FN4O3/c1-6-7-12-29-22(31)21-20(27-16(4)30)18-13-17(25)8-9-19(18)28(21)14-24(29,5)23(32)26-11-10-15(2)3/h8-9,13,15H,6-7,10-12,14H2,1-5H3,(H,26,32)(H,27,30)/t24-/m1/s1. The highest BCUT2D eigenvalue weighted by molar-refractivity contribution is 6.14. The van der Waals surface area contributed by atoms with Gasteiger partial charge in [0.2, 0.25) is 11.8 Å². The number of fused-ring (bicyclic) bond motifs is 3. The molecule has 0 fully saturated rings. The molecule has 0 aliphatic carbocycles. The predicted molar refractivity (Wildman–Crippen MR) is 123 cm³/mol. The Kier molecular flexibility index (Phi) is 6.91. The summed E-state index contributed by atoms with van der Waals surface area (Å²) in [5.41, 5.74) is 0.0734. The minimum absolute atomic E-state index is 0.210. The smallest absolute Gasteiger partial charge is 0.273 e. The Hall–Kier alpha value is -2.90. The average molecular weight is 445 g/mol. The molecule has 1 aromatic heterocycles. The van der Waals surface area contributed by atoms with Crippen LogP contribution in [0.1, 0.15) is 64.4 Å². The Balaban J connectivity index is 2.13. The van der Waals surface area contributed by atoms with E-state index in [1.807, 2.05) is 6.92 Å². The maximum atomic E-state index is 14.1. The summed E-state index contributed by atoms with van der Waals surface area (Å²) in [6, 6.07) is 4.22. The summed E-state index contributed by atoms with van der Waals surface area (Å²) < 4.78 is 15.8. The van der Waals surface area contributed by atoms with Crippen molar-refractivity contribution < 1.29 is 18.8 Å². The molecule has 1 aliphatic heterocycles. The Bertz CT molecular complexity index is 1050. The lowest BCUT2D eigenvalue weighted by Gasteiger charge is -2.44. The number of hydrogen-bond donors (Lipinski definition) is 2. The maximum absolute atomic E-state index is 14.1. The highest BCUT2D eigenvalue weighted by Crippen LogP contribution is 2.39. The van der Waals surface area contributed by atoms with Gasteiger partial charge in [0.05, 0.1) is 17.7 Å². The van der Waals surface area contributed by atoms with Crippen molar-refractivity contribution in [1.82, 2.24) is 14.8 Å². The number of hydrogen-bond acceptors (Lipinski definition) is 3. The summed E-state index contributed by atoms with van der Waals surface area (Å²) in [7, 11) is 0. The van der Waals surface area contributed by atoms with E-state index in [1.165, 1.54) is 19.1 Å². The summed E-state index contributed by atoms with van der Waals surface area (Å²) >= 11 is 0. The van der Waals surface area contributed by atoms with Crippen molar-refractivity contribution in [2.75, 3.05) is 18.4 Å². The second kappa shape index (κ2) is 9.30. The van der Waals surface area contributed by atoms with Gasteiger partial charge in [-0.3, -0.25) is 14.4 Å². The third-order valence-electron chi connectivity index (χ3n) is 6.07. The molecular weight excluding hydrogens is 411 g/mol. The van der Waals surface area contributed by atoms with Gasteiger partial charge in [0, 0.05) is 25.4 Å². The molecule has 2 N–H and O–H groups in total. The van der Waals surface area contributed by atoms with Crippen molar-refractivity contribution in [3.8, 4) is 0 Å². The molecule has 174 valence electrons. The van der Waals surface area contributed by atoms with Crippen LogP contribution in [0.25, 0.3) is 10.9 Å². The molecule has 3 amide bonds. The first-order chi connectivity index (χ1) is 15.1. The number of aromatic nitrogens is 1. The molecule has 1 aliphatic rings. The van der Waals surface area contributed by atoms with Gasteiger partial charge < -0.3 is 20.1 Å². The molecule has 0 unspecified atom stereocenters. The van der Waals surface area contributed by atoms with Gasteiger partial charge in [-0.25, -0.2) is 4.39 Å². The van der Waals surface area contributed by atoms with Crippen molar-refractivity contribution >= 4 is 34.3 Å². The number of rotatable bonds is 8. The zero-order valence-corrected chi connectivity index (χ0v) is 19.5. The number of halogens is 1. The van der Waals surface area contributed by atoms with Crippen molar-refractivity contribution in [1.29, 1.82) is 0 Å². The molecule has 0 saturated heterocycles. The minimum atomic E-state index is -1.11. The van der Waals surface area contributed by atoms with Crippen LogP contribution in [0.3, 0.4) is 0 Å². The summed E-state index contributed by atoms with van der Waals surface area (Å²) in [5, 5.41) is 6.17. The van der Waals surface area contributed by atoms with E-state index in [-0.39, 0.29) is 30.0 Å². The van der Waals surface area contributed by atoms with Crippen LogP contribution in [0, 0.1) is 11.7 Å². The third kappa shape index (κ3) is 4.36. The van der Waals surface area contributed by atoms with Crippen LogP contribution in [0.15, 0.2) is 18.2 Å². The van der Waals surface area contributed by atoms with Gasteiger partial charge in [-0.1, -0.05) is 27.2 Å². The minimum Gasteiger partial charge on any atom is -0.354 e. The number of carbonyl (C=O) groups is 3. The van der Waals surface area contributed by atoms with Crippen LogP contribution in [0.2, 0.25) is 0 Å². The first kappa shape index (κ1) is 23.8. The quantitative estimate of drug-likeness (QED) is 0.647. The highest BCUT2D eigenvalue weighted by atomic mass is 19.1. The molecule has 32 heavy (non-hydrogen) atoms. The fourth-order valence-corrected chi connectivity index (χ4v) is 4.28. The first-order valence-corrected chi connectivity index (χ1v) is 11.3. The first-order valence-electron chi connectivity index (χ1n) is 11.3. The lowest BCUT2D eigenvalue weighted by atomic mass is 9.93. The van der Waals surface area contributed by atoms with E-state index in [0.717, 1.165) is 19.3 Å². The fourth-order valence-electron chi connectivity index (χ4n) is 4.28. The summed E-state index contributed by atoms with van der Waals surface area (Å²) in [5.74, 6) is -0.916. The van der Waals surface area contributed by atoms with Crippen LogP contribution < -0.4 is 10.6 Å². The van der Waals surface area contributed by atoms with Gasteiger partial charge in [-0.05, 0) is 43.9 Å². The largest absolute Gasteiger partial charge is 0.354 e.